The third-order valence-electron chi connectivity index (χ3n) is 3.16. The maximum atomic E-state index is 11.6. The van der Waals surface area contributed by atoms with Crippen LogP contribution in [-0.2, 0) is 17.6 Å². The standard InChI is InChI=1S/C11H15N3OS/c12-7-3-4-8-9(5-7)16-11(13-8)14-10(15)6-1-2-6/h6-7H,1-5,12H2,(H,13,14,15)/t7-/m0/s1. The topological polar surface area (TPSA) is 68.0 Å². The summed E-state index contributed by atoms with van der Waals surface area (Å²) in [5, 5.41) is 3.66. The van der Waals surface area contributed by atoms with Crippen molar-refractivity contribution >= 4 is 22.4 Å². The highest BCUT2D eigenvalue weighted by Crippen LogP contribution is 2.33. The lowest BCUT2D eigenvalue weighted by molar-refractivity contribution is -0.117. The average molecular weight is 237 g/mol. The summed E-state index contributed by atoms with van der Waals surface area (Å²) in [4.78, 5) is 17.3. The van der Waals surface area contributed by atoms with Gasteiger partial charge in [-0.25, -0.2) is 4.98 Å². The zero-order chi connectivity index (χ0) is 11.1. The van der Waals surface area contributed by atoms with Crippen molar-refractivity contribution in [2.75, 3.05) is 5.32 Å². The van der Waals surface area contributed by atoms with Crippen molar-refractivity contribution in [3.8, 4) is 0 Å². The van der Waals surface area contributed by atoms with E-state index < -0.39 is 0 Å². The van der Waals surface area contributed by atoms with E-state index in [9.17, 15) is 4.79 Å². The van der Waals surface area contributed by atoms with Crippen LogP contribution >= 0.6 is 11.3 Å². The summed E-state index contributed by atoms with van der Waals surface area (Å²) in [5.74, 6) is 0.374. The van der Waals surface area contributed by atoms with E-state index in [1.54, 1.807) is 11.3 Å². The predicted octanol–water partition coefficient (Wildman–Crippen LogP) is 1.31. The van der Waals surface area contributed by atoms with Gasteiger partial charge in [0, 0.05) is 16.8 Å². The molecule has 1 aromatic rings. The molecule has 0 unspecified atom stereocenters. The molecule has 0 saturated heterocycles. The monoisotopic (exact) mass is 237 g/mol. The zero-order valence-electron chi connectivity index (χ0n) is 9.03. The van der Waals surface area contributed by atoms with Crippen molar-refractivity contribution in [3.63, 3.8) is 0 Å². The average Bonchev–Trinajstić information content (AvgIpc) is 3.00. The van der Waals surface area contributed by atoms with Gasteiger partial charge in [0.15, 0.2) is 5.13 Å². The second-order valence-electron chi connectivity index (χ2n) is 4.66. The van der Waals surface area contributed by atoms with Crippen molar-refractivity contribution < 1.29 is 4.79 Å². The molecule has 1 fully saturated rings. The third kappa shape index (κ3) is 1.97. The van der Waals surface area contributed by atoms with Crippen molar-refractivity contribution in [1.29, 1.82) is 0 Å². The van der Waals surface area contributed by atoms with E-state index in [1.807, 2.05) is 0 Å². The molecule has 0 bridgehead atoms. The van der Waals surface area contributed by atoms with Gasteiger partial charge in [-0.3, -0.25) is 4.79 Å². The van der Waals surface area contributed by atoms with Crippen LogP contribution in [0.15, 0.2) is 0 Å². The number of hydrogen-bond donors (Lipinski definition) is 2. The number of carbonyl (C=O) groups excluding carboxylic acids is 1. The molecule has 2 aliphatic rings. The minimum Gasteiger partial charge on any atom is -0.327 e. The summed E-state index contributed by atoms with van der Waals surface area (Å²) < 4.78 is 0. The number of nitrogens with two attached hydrogens (primary N) is 1. The highest BCUT2D eigenvalue weighted by atomic mass is 32.1. The van der Waals surface area contributed by atoms with Crippen LogP contribution in [0.2, 0.25) is 0 Å². The molecule has 1 saturated carbocycles. The Bertz CT molecular complexity index is 425. The molecule has 86 valence electrons. The summed E-state index contributed by atoms with van der Waals surface area (Å²) in [6, 6.07) is 0.264. The molecule has 1 heterocycles. The fourth-order valence-electron chi connectivity index (χ4n) is 2.01. The molecular weight excluding hydrogens is 222 g/mol. The van der Waals surface area contributed by atoms with Crippen LogP contribution in [-0.4, -0.2) is 16.9 Å². The van der Waals surface area contributed by atoms with Crippen molar-refractivity contribution in [2.24, 2.45) is 11.7 Å². The fourth-order valence-corrected chi connectivity index (χ4v) is 3.11. The van der Waals surface area contributed by atoms with Gasteiger partial charge in [0.05, 0.1) is 5.69 Å². The molecule has 2 aliphatic carbocycles. The molecule has 0 spiro atoms. The van der Waals surface area contributed by atoms with E-state index in [0.717, 1.165) is 42.9 Å². The molecule has 4 nitrogen and oxygen atoms in total. The van der Waals surface area contributed by atoms with Gasteiger partial charge >= 0.3 is 0 Å². The van der Waals surface area contributed by atoms with Crippen molar-refractivity contribution in [3.05, 3.63) is 10.6 Å². The third-order valence-corrected chi connectivity index (χ3v) is 4.19. The van der Waals surface area contributed by atoms with Gasteiger partial charge in [0.2, 0.25) is 5.91 Å². The van der Waals surface area contributed by atoms with Gasteiger partial charge in [-0.2, -0.15) is 0 Å². The first-order chi connectivity index (χ1) is 7.72. The number of rotatable bonds is 2. The van der Waals surface area contributed by atoms with Gasteiger partial charge in [0.25, 0.3) is 0 Å². The second kappa shape index (κ2) is 3.82. The molecular formula is C11H15N3OS. The molecule has 0 radical (unpaired) electrons. The van der Waals surface area contributed by atoms with Crippen LogP contribution in [0.5, 0.6) is 0 Å². The van der Waals surface area contributed by atoms with Gasteiger partial charge in [-0.05, 0) is 32.1 Å². The summed E-state index contributed by atoms with van der Waals surface area (Å²) >= 11 is 1.59. The van der Waals surface area contributed by atoms with Crippen LogP contribution in [0.3, 0.4) is 0 Å². The molecule has 16 heavy (non-hydrogen) atoms. The summed E-state index contributed by atoms with van der Waals surface area (Å²) in [6.07, 6.45) is 4.93. The van der Waals surface area contributed by atoms with E-state index in [1.165, 1.54) is 4.88 Å². The molecule has 1 amide bonds. The van der Waals surface area contributed by atoms with Crippen LogP contribution in [0.4, 0.5) is 5.13 Å². The maximum absolute atomic E-state index is 11.6. The number of hydrogen-bond acceptors (Lipinski definition) is 4. The number of aryl methyl sites for hydroxylation is 1. The number of nitrogens with zero attached hydrogens (tertiary/aromatic N) is 1. The number of nitrogens with one attached hydrogen (secondary N) is 1. The van der Waals surface area contributed by atoms with Crippen molar-refractivity contribution in [2.45, 2.75) is 38.1 Å². The lowest BCUT2D eigenvalue weighted by Crippen LogP contribution is -2.27. The van der Waals surface area contributed by atoms with E-state index >= 15 is 0 Å². The second-order valence-corrected chi connectivity index (χ2v) is 5.74. The molecule has 1 atom stereocenters. The normalized spacial score (nSPS) is 23.9. The summed E-state index contributed by atoms with van der Waals surface area (Å²) in [7, 11) is 0. The number of amides is 1. The lowest BCUT2D eigenvalue weighted by atomic mass is 9.99. The predicted molar refractivity (Wildman–Crippen MR) is 63.5 cm³/mol. The van der Waals surface area contributed by atoms with Crippen LogP contribution in [0.1, 0.15) is 29.8 Å². The first kappa shape index (κ1) is 10.2. The Hall–Kier alpha value is -0.940. The Kier molecular flexibility index (Phi) is 2.44. The molecule has 0 aromatic carbocycles. The Balaban J connectivity index is 1.73. The lowest BCUT2D eigenvalue weighted by Gasteiger charge is -2.15. The molecule has 3 rings (SSSR count). The van der Waals surface area contributed by atoms with E-state index in [-0.39, 0.29) is 17.9 Å². The van der Waals surface area contributed by atoms with Crippen LogP contribution < -0.4 is 11.1 Å². The Morgan fingerprint density at radius 1 is 1.44 bits per heavy atom. The highest BCUT2D eigenvalue weighted by molar-refractivity contribution is 7.15. The SMILES string of the molecule is N[C@H]1CCc2nc(NC(=O)C3CC3)sc2C1. The summed E-state index contributed by atoms with van der Waals surface area (Å²) in [5.41, 5.74) is 7.05. The molecule has 3 N–H and O–H groups in total. The Labute approximate surface area is 98.3 Å². The Morgan fingerprint density at radius 3 is 3.00 bits per heavy atom. The quantitative estimate of drug-likeness (QED) is 0.815. The number of thiazole rings is 1. The first-order valence-corrected chi connectivity index (χ1v) is 6.59. The van der Waals surface area contributed by atoms with Crippen LogP contribution in [0.25, 0.3) is 0 Å². The zero-order valence-corrected chi connectivity index (χ0v) is 9.85. The molecule has 5 heteroatoms. The van der Waals surface area contributed by atoms with E-state index in [2.05, 4.69) is 10.3 Å². The van der Waals surface area contributed by atoms with Crippen LogP contribution in [0, 0.1) is 5.92 Å². The smallest absolute Gasteiger partial charge is 0.229 e. The van der Waals surface area contributed by atoms with Crippen molar-refractivity contribution in [1.82, 2.24) is 4.98 Å². The molecule has 0 aliphatic heterocycles. The van der Waals surface area contributed by atoms with Gasteiger partial charge in [0.1, 0.15) is 0 Å². The van der Waals surface area contributed by atoms with E-state index in [0.29, 0.717) is 0 Å². The van der Waals surface area contributed by atoms with Gasteiger partial charge in [-0.1, -0.05) is 0 Å². The fraction of sp³-hybridized carbons (Fsp3) is 0.636. The maximum Gasteiger partial charge on any atom is 0.229 e. The first-order valence-electron chi connectivity index (χ1n) is 5.77. The molecule has 1 aromatic heterocycles. The van der Waals surface area contributed by atoms with Gasteiger partial charge < -0.3 is 11.1 Å². The minimum absolute atomic E-state index is 0.135. The largest absolute Gasteiger partial charge is 0.327 e. The number of carbonyl (C=O) groups is 1. The summed E-state index contributed by atoms with van der Waals surface area (Å²) in [6.45, 7) is 0. The van der Waals surface area contributed by atoms with Gasteiger partial charge in [-0.15, -0.1) is 11.3 Å². The van der Waals surface area contributed by atoms with E-state index in [4.69, 9.17) is 5.73 Å². The highest BCUT2D eigenvalue weighted by Gasteiger charge is 2.30. The number of aromatic nitrogens is 1. The Morgan fingerprint density at radius 2 is 2.25 bits per heavy atom. The number of fused-ring (bicyclic) bond motifs is 1. The minimum atomic E-state index is 0.135. The number of anilines is 1.